The van der Waals surface area contributed by atoms with Crippen LogP contribution < -0.4 is 5.32 Å². The van der Waals surface area contributed by atoms with Crippen LogP contribution in [0.2, 0.25) is 0 Å². The van der Waals surface area contributed by atoms with Gasteiger partial charge in [-0.25, -0.2) is 4.98 Å². The average molecular weight is 348 g/mol. The molecule has 3 aromatic rings. The third-order valence-corrected chi connectivity index (χ3v) is 4.49. The Balaban J connectivity index is 1.50. The van der Waals surface area contributed by atoms with Gasteiger partial charge in [-0.3, -0.25) is 4.79 Å². The van der Waals surface area contributed by atoms with Crippen molar-refractivity contribution in [2.45, 2.75) is 25.9 Å². The van der Waals surface area contributed by atoms with E-state index in [1.54, 1.807) is 23.1 Å². The highest BCUT2D eigenvalue weighted by atomic mass is 16.5. The molecule has 3 heterocycles. The van der Waals surface area contributed by atoms with Crippen LogP contribution >= 0.6 is 0 Å². The Labute approximate surface area is 151 Å². The highest BCUT2D eigenvalue weighted by molar-refractivity contribution is 5.90. The van der Waals surface area contributed by atoms with Crippen molar-refractivity contribution in [3.63, 3.8) is 0 Å². The molecule has 4 rings (SSSR count). The number of benzene rings is 1. The Morgan fingerprint density at radius 1 is 1.27 bits per heavy atom. The quantitative estimate of drug-likeness (QED) is 0.786. The first-order valence-corrected chi connectivity index (χ1v) is 8.67. The maximum Gasteiger partial charge on any atom is 0.228 e. The molecule has 0 saturated heterocycles. The number of ether oxygens (including phenoxy) is 1. The van der Waals surface area contributed by atoms with Gasteiger partial charge >= 0.3 is 0 Å². The molecule has 0 spiro atoms. The van der Waals surface area contributed by atoms with Gasteiger partial charge in [0, 0.05) is 12.3 Å². The SMILES string of the molecule is Cc1ccnc(-n2nccc2NC(=O)CC2OCCc3ccccc32)c1. The number of carbonyl (C=O) groups is 1. The Morgan fingerprint density at radius 2 is 2.15 bits per heavy atom. The smallest absolute Gasteiger partial charge is 0.228 e. The minimum absolute atomic E-state index is 0.110. The molecule has 0 fully saturated rings. The van der Waals surface area contributed by atoms with E-state index in [2.05, 4.69) is 21.5 Å². The number of hydrogen-bond acceptors (Lipinski definition) is 4. The number of hydrogen-bond donors (Lipinski definition) is 1. The number of amides is 1. The number of fused-ring (bicyclic) bond motifs is 1. The van der Waals surface area contributed by atoms with E-state index in [1.165, 1.54) is 5.56 Å². The molecule has 1 N–H and O–H groups in total. The largest absolute Gasteiger partial charge is 0.373 e. The molecule has 26 heavy (non-hydrogen) atoms. The fourth-order valence-corrected chi connectivity index (χ4v) is 3.22. The van der Waals surface area contributed by atoms with Gasteiger partial charge in [0.1, 0.15) is 5.82 Å². The maximum absolute atomic E-state index is 12.6. The third-order valence-electron chi connectivity index (χ3n) is 4.49. The lowest BCUT2D eigenvalue weighted by Crippen LogP contribution is -2.23. The lowest BCUT2D eigenvalue weighted by atomic mass is 9.96. The van der Waals surface area contributed by atoms with Crippen LogP contribution in [0, 0.1) is 6.92 Å². The number of nitrogens with one attached hydrogen (secondary N) is 1. The van der Waals surface area contributed by atoms with Gasteiger partial charge in [0.15, 0.2) is 5.82 Å². The number of rotatable bonds is 4. The number of carbonyl (C=O) groups excluding carboxylic acids is 1. The second-order valence-electron chi connectivity index (χ2n) is 6.38. The van der Waals surface area contributed by atoms with Gasteiger partial charge in [-0.15, -0.1) is 0 Å². The summed E-state index contributed by atoms with van der Waals surface area (Å²) in [5.41, 5.74) is 3.43. The third kappa shape index (κ3) is 3.36. The van der Waals surface area contributed by atoms with Crippen LogP contribution in [0.1, 0.15) is 29.2 Å². The summed E-state index contributed by atoms with van der Waals surface area (Å²) in [5, 5.41) is 7.20. The first kappa shape index (κ1) is 16.5. The molecule has 6 heteroatoms. The van der Waals surface area contributed by atoms with E-state index in [1.807, 2.05) is 37.3 Å². The first-order valence-electron chi connectivity index (χ1n) is 8.67. The molecule has 2 aromatic heterocycles. The highest BCUT2D eigenvalue weighted by Gasteiger charge is 2.23. The van der Waals surface area contributed by atoms with Gasteiger partial charge in [0.2, 0.25) is 5.91 Å². The Morgan fingerprint density at radius 3 is 3.04 bits per heavy atom. The first-order chi connectivity index (χ1) is 12.7. The number of nitrogens with zero attached hydrogens (tertiary/aromatic N) is 3. The summed E-state index contributed by atoms with van der Waals surface area (Å²) in [6.07, 6.45) is 4.31. The van der Waals surface area contributed by atoms with Crippen LogP contribution in [0.4, 0.5) is 5.82 Å². The summed E-state index contributed by atoms with van der Waals surface area (Å²) in [7, 11) is 0. The molecule has 1 unspecified atom stereocenters. The van der Waals surface area contributed by atoms with E-state index in [0.29, 0.717) is 18.2 Å². The zero-order chi connectivity index (χ0) is 17.9. The summed E-state index contributed by atoms with van der Waals surface area (Å²) in [5.74, 6) is 1.16. The Bertz CT molecular complexity index is 935. The number of anilines is 1. The topological polar surface area (TPSA) is 69.0 Å². The standard InChI is InChI=1S/C20H20N4O2/c1-14-6-9-21-19(12-14)24-18(7-10-22-24)23-20(25)13-17-16-5-3-2-4-15(16)8-11-26-17/h2-7,9-10,12,17H,8,11,13H2,1H3,(H,23,25). The number of aryl methyl sites for hydroxylation is 1. The van der Waals surface area contributed by atoms with Crippen molar-refractivity contribution in [2.24, 2.45) is 0 Å². The van der Waals surface area contributed by atoms with Crippen LogP contribution in [-0.4, -0.2) is 27.3 Å². The molecule has 0 aliphatic carbocycles. The van der Waals surface area contributed by atoms with Crippen molar-refractivity contribution in [1.29, 1.82) is 0 Å². The van der Waals surface area contributed by atoms with Gasteiger partial charge in [-0.2, -0.15) is 9.78 Å². The molecule has 6 nitrogen and oxygen atoms in total. The maximum atomic E-state index is 12.6. The number of pyridine rings is 1. The minimum atomic E-state index is -0.214. The van der Waals surface area contributed by atoms with Crippen LogP contribution in [-0.2, 0) is 16.0 Å². The zero-order valence-electron chi connectivity index (χ0n) is 14.6. The molecule has 0 radical (unpaired) electrons. The van der Waals surface area contributed by atoms with Crippen molar-refractivity contribution in [2.75, 3.05) is 11.9 Å². The van der Waals surface area contributed by atoms with Crippen molar-refractivity contribution >= 4 is 11.7 Å². The lowest BCUT2D eigenvalue weighted by Gasteiger charge is -2.25. The normalized spacial score (nSPS) is 16.1. The van der Waals surface area contributed by atoms with Crippen LogP contribution in [0.25, 0.3) is 5.82 Å². The average Bonchev–Trinajstić information content (AvgIpc) is 3.10. The second kappa shape index (κ2) is 7.09. The van der Waals surface area contributed by atoms with Crippen LogP contribution in [0.5, 0.6) is 0 Å². The van der Waals surface area contributed by atoms with E-state index in [9.17, 15) is 4.79 Å². The minimum Gasteiger partial charge on any atom is -0.373 e. The molecule has 1 aliphatic heterocycles. The van der Waals surface area contributed by atoms with Crippen LogP contribution in [0.3, 0.4) is 0 Å². The molecule has 1 aromatic carbocycles. The van der Waals surface area contributed by atoms with E-state index in [-0.39, 0.29) is 18.4 Å². The van der Waals surface area contributed by atoms with E-state index in [4.69, 9.17) is 4.74 Å². The van der Waals surface area contributed by atoms with Crippen LogP contribution in [0.15, 0.2) is 54.9 Å². The molecular weight excluding hydrogens is 328 g/mol. The Kier molecular flexibility index (Phi) is 4.50. The molecule has 1 amide bonds. The fraction of sp³-hybridized carbons (Fsp3) is 0.250. The summed E-state index contributed by atoms with van der Waals surface area (Å²) in [6, 6.07) is 13.7. The summed E-state index contributed by atoms with van der Waals surface area (Å²) >= 11 is 0. The van der Waals surface area contributed by atoms with Crippen molar-refractivity contribution < 1.29 is 9.53 Å². The molecular formula is C20H20N4O2. The zero-order valence-corrected chi connectivity index (χ0v) is 14.6. The molecule has 132 valence electrons. The summed E-state index contributed by atoms with van der Waals surface area (Å²) in [4.78, 5) is 16.9. The van der Waals surface area contributed by atoms with E-state index in [0.717, 1.165) is 17.5 Å². The van der Waals surface area contributed by atoms with Crippen molar-refractivity contribution in [3.8, 4) is 5.82 Å². The summed E-state index contributed by atoms with van der Waals surface area (Å²) < 4.78 is 7.45. The van der Waals surface area contributed by atoms with Crippen molar-refractivity contribution in [1.82, 2.24) is 14.8 Å². The molecule has 1 aliphatic rings. The van der Waals surface area contributed by atoms with E-state index >= 15 is 0 Å². The van der Waals surface area contributed by atoms with Gasteiger partial charge in [0.25, 0.3) is 0 Å². The van der Waals surface area contributed by atoms with Gasteiger partial charge in [-0.1, -0.05) is 24.3 Å². The van der Waals surface area contributed by atoms with Gasteiger partial charge < -0.3 is 10.1 Å². The monoisotopic (exact) mass is 348 g/mol. The lowest BCUT2D eigenvalue weighted by molar-refractivity contribution is -0.119. The molecule has 0 saturated carbocycles. The number of aromatic nitrogens is 3. The predicted octanol–water partition coefficient (Wildman–Crippen LogP) is 3.22. The van der Waals surface area contributed by atoms with Gasteiger partial charge in [0.05, 0.1) is 25.3 Å². The predicted molar refractivity (Wildman–Crippen MR) is 98.2 cm³/mol. The molecule has 0 bridgehead atoms. The van der Waals surface area contributed by atoms with Crippen molar-refractivity contribution in [3.05, 3.63) is 71.5 Å². The second-order valence-corrected chi connectivity index (χ2v) is 6.38. The fourth-order valence-electron chi connectivity index (χ4n) is 3.22. The summed E-state index contributed by atoms with van der Waals surface area (Å²) in [6.45, 7) is 2.63. The van der Waals surface area contributed by atoms with E-state index < -0.39 is 0 Å². The Hall–Kier alpha value is -2.99. The molecule has 1 atom stereocenters. The van der Waals surface area contributed by atoms with Gasteiger partial charge in [-0.05, 0) is 42.2 Å². The highest BCUT2D eigenvalue weighted by Crippen LogP contribution is 2.29.